The predicted octanol–water partition coefficient (Wildman–Crippen LogP) is 4.15. The van der Waals surface area contributed by atoms with E-state index in [0.29, 0.717) is 12.4 Å². The van der Waals surface area contributed by atoms with Gasteiger partial charge in [-0.1, -0.05) is 18.2 Å². The second-order valence-corrected chi connectivity index (χ2v) is 5.80. The molecule has 0 fully saturated rings. The first-order chi connectivity index (χ1) is 11.6. The molecule has 0 aliphatic heterocycles. The van der Waals surface area contributed by atoms with Gasteiger partial charge in [0, 0.05) is 18.0 Å². The summed E-state index contributed by atoms with van der Waals surface area (Å²) in [4.78, 5) is 13.2. The fourth-order valence-corrected chi connectivity index (χ4v) is 2.41. The first-order valence-corrected chi connectivity index (χ1v) is 7.94. The predicted molar refractivity (Wildman–Crippen MR) is 97.5 cm³/mol. The fraction of sp³-hybridized carbons (Fsp3) is 0.211. The van der Waals surface area contributed by atoms with Gasteiger partial charge in [-0.25, -0.2) is 9.97 Å². The minimum atomic E-state index is 0.625. The van der Waals surface area contributed by atoms with Crippen LogP contribution in [0.5, 0.6) is 0 Å². The van der Waals surface area contributed by atoms with Crippen molar-refractivity contribution in [2.75, 3.05) is 10.6 Å². The van der Waals surface area contributed by atoms with E-state index in [-0.39, 0.29) is 0 Å². The van der Waals surface area contributed by atoms with Gasteiger partial charge in [-0.2, -0.15) is 0 Å². The molecular weight excluding hydrogens is 298 g/mol. The molecule has 2 heterocycles. The van der Waals surface area contributed by atoms with Gasteiger partial charge in [-0.3, -0.25) is 4.98 Å². The molecule has 0 atom stereocenters. The van der Waals surface area contributed by atoms with Crippen LogP contribution in [-0.2, 0) is 6.54 Å². The highest BCUT2D eigenvalue weighted by atomic mass is 15.1. The Morgan fingerprint density at radius 2 is 1.75 bits per heavy atom. The molecule has 0 aliphatic carbocycles. The normalized spacial score (nSPS) is 10.5. The largest absolute Gasteiger partial charge is 0.364 e. The standard InChI is InChI=1S/C19H21N5/c1-13-7-8-14(2)17(10-13)24-19-11-18(22-15(3)23-19)21-12-16-6-4-5-9-20-16/h4-11H,12H2,1-3H3,(H2,21,22,23,24). The van der Waals surface area contributed by atoms with Crippen LogP contribution in [0.3, 0.4) is 0 Å². The minimum Gasteiger partial charge on any atom is -0.364 e. The minimum absolute atomic E-state index is 0.625. The van der Waals surface area contributed by atoms with Gasteiger partial charge in [-0.15, -0.1) is 0 Å². The molecule has 3 aromatic rings. The molecule has 1 aromatic carbocycles. The summed E-state index contributed by atoms with van der Waals surface area (Å²) in [7, 11) is 0. The number of hydrogen-bond acceptors (Lipinski definition) is 5. The van der Waals surface area contributed by atoms with Crippen molar-refractivity contribution in [2.24, 2.45) is 0 Å². The van der Waals surface area contributed by atoms with E-state index in [1.807, 2.05) is 31.2 Å². The third kappa shape index (κ3) is 4.07. The van der Waals surface area contributed by atoms with Crippen LogP contribution in [0.15, 0.2) is 48.7 Å². The molecule has 5 nitrogen and oxygen atoms in total. The third-order valence-corrected chi connectivity index (χ3v) is 3.67. The van der Waals surface area contributed by atoms with Gasteiger partial charge < -0.3 is 10.6 Å². The van der Waals surface area contributed by atoms with Crippen molar-refractivity contribution in [3.8, 4) is 0 Å². The van der Waals surface area contributed by atoms with Gasteiger partial charge in [0.25, 0.3) is 0 Å². The molecular formula is C19H21N5. The second kappa shape index (κ2) is 7.08. The van der Waals surface area contributed by atoms with Crippen molar-refractivity contribution in [2.45, 2.75) is 27.3 Å². The van der Waals surface area contributed by atoms with Crippen LogP contribution in [0.1, 0.15) is 22.6 Å². The monoisotopic (exact) mass is 319 g/mol. The zero-order valence-electron chi connectivity index (χ0n) is 14.2. The number of hydrogen-bond donors (Lipinski definition) is 2. The Balaban J connectivity index is 1.77. The maximum atomic E-state index is 4.48. The molecule has 3 rings (SSSR count). The maximum Gasteiger partial charge on any atom is 0.136 e. The van der Waals surface area contributed by atoms with Crippen molar-refractivity contribution >= 4 is 17.3 Å². The molecule has 0 aliphatic rings. The molecule has 5 heteroatoms. The smallest absolute Gasteiger partial charge is 0.136 e. The molecule has 2 N–H and O–H groups in total. The van der Waals surface area contributed by atoms with Gasteiger partial charge in [0.2, 0.25) is 0 Å². The summed E-state index contributed by atoms with van der Waals surface area (Å²) >= 11 is 0. The van der Waals surface area contributed by atoms with Crippen molar-refractivity contribution in [3.63, 3.8) is 0 Å². The Kier molecular flexibility index (Phi) is 4.70. The molecule has 0 unspecified atom stereocenters. The molecule has 0 radical (unpaired) electrons. The second-order valence-electron chi connectivity index (χ2n) is 5.80. The Hall–Kier alpha value is -2.95. The third-order valence-electron chi connectivity index (χ3n) is 3.67. The van der Waals surface area contributed by atoms with E-state index in [0.717, 1.165) is 23.0 Å². The van der Waals surface area contributed by atoms with Crippen molar-refractivity contribution in [1.82, 2.24) is 15.0 Å². The number of pyridine rings is 1. The van der Waals surface area contributed by atoms with Gasteiger partial charge >= 0.3 is 0 Å². The van der Waals surface area contributed by atoms with Crippen molar-refractivity contribution in [3.05, 3.63) is 71.3 Å². The van der Waals surface area contributed by atoms with E-state index in [1.54, 1.807) is 6.20 Å². The Morgan fingerprint density at radius 3 is 2.54 bits per heavy atom. The summed E-state index contributed by atoms with van der Waals surface area (Å²) in [5, 5.41) is 6.69. The maximum absolute atomic E-state index is 4.48. The van der Waals surface area contributed by atoms with Gasteiger partial charge in [0.05, 0.1) is 12.2 Å². The van der Waals surface area contributed by atoms with Crippen molar-refractivity contribution < 1.29 is 0 Å². The van der Waals surface area contributed by atoms with E-state index in [1.165, 1.54) is 11.1 Å². The molecule has 0 saturated heterocycles. The summed E-state index contributed by atoms with van der Waals surface area (Å²) in [5.41, 5.74) is 4.42. The lowest BCUT2D eigenvalue weighted by Gasteiger charge is -2.12. The van der Waals surface area contributed by atoms with Crippen LogP contribution in [0.25, 0.3) is 0 Å². The van der Waals surface area contributed by atoms with Crippen LogP contribution in [-0.4, -0.2) is 15.0 Å². The highest BCUT2D eigenvalue weighted by Crippen LogP contribution is 2.22. The molecule has 24 heavy (non-hydrogen) atoms. The number of benzene rings is 1. The van der Waals surface area contributed by atoms with Crippen LogP contribution in [0.4, 0.5) is 17.3 Å². The van der Waals surface area contributed by atoms with Gasteiger partial charge in [-0.05, 0) is 50.1 Å². The van der Waals surface area contributed by atoms with Crippen LogP contribution in [0.2, 0.25) is 0 Å². The highest BCUT2D eigenvalue weighted by Gasteiger charge is 2.05. The number of nitrogens with zero attached hydrogens (tertiary/aromatic N) is 3. The lowest BCUT2D eigenvalue weighted by molar-refractivity contribution is 0.996. The number of nitrogens with one attached hydrogen (secondary N) is 2. The summed E-state index contributed by atoms with van der Waals surface area (Å²) < 4.78 is 0. The molecule has 0 saturated carbocycles. The zero-order chi connectivity index (χ0) is 16.9. The summed E-state index contributed by atoms with van der Waals surface area (Å²) in [5.74, 6) is 2.27. The quantitative estimate of drug-likeness (QED) is 0.739. The SMILES string of the molecule is Cc1ccc(C)c(Nc2cc(NCc3ccccn3)nc(C)n2)c1. The van der Waals surface area contributed by atoms with E-state index < -0.39 is 0 Å². The van der Waals surface area contributed by atoms with Crippen LogP contribution < -0.4 is 10.6 Å². The average Bonchev–Trinajstić information content (AvgIpc) is 2.57. The number of aryl methyl sites for hydroxylation is 3. The molecule has 2 aromatic heterocycles. The Morgan fingerprint density at radius 1 is 0.917 bits per heavy atom. The van der Waals surface area contributed by atoms with E-state index >= 15 is 0 Å². The summed E-state index contributed by atoms with van der Waals surface area (Å²) in [6.07, 6.45) is 1.79. The van der Waals surface area contributed by atoms with Crippen LogP contribution >= 0.6 is 0 Å². The highest BCUT2D eigenvalue weighted by molar-refractivity contribution is 5.63. The lowest BCUT2D eigenvalue weighted by Crippen LogP contribution is -2.06. The fourth-order valence-electron chi connectivity index (χ4n) is 2.41. The van der Waals surface area contributed by atoms with Crippen LogP contribution in [0, 0.1) is 20.8 Å². The van der Waals surface area contributed by atoms with Gasteiger partial charge in [0.1, 0.15) is 17.5 Å². The van der Waals surface area contributed by atoms with E-state index in [9.17, 15) is 0 Å². The molecule has 122 valence electrons. The molecule has 0 bridgehead atoms. The topological polar surface area (TPSA) is 62.7 Å². The Bertz CT molecular complexity index is 830. The number of anilines is 3. The van der Waals surface area contributed by atoms with E-state index in [2.05, 4.69) is 57.6 Å². The zero-order valence-corrected chi connectivity index (χ0v) is 14.2. The van der Waals surface area contributed by atoms with E-state index in [4.69, 9.17) is 0 Å². The first kappa shape index (κ1) is 15.9. The van der Waals surface area contributed by atoms with Gasteiger partial charge in [0.15, 0.2) is 0 Å². The molecule has 0 amide bonds. The number of aromatic nitrogens is 3. The molecule has 0 spiro atoms. The van der Waals surface area contributed by atoms with Crippen molar-refractivity contribution in [1.29, 1.82) is 0 Å². The lowest BCUT2D eigenvalue weighted by atomic mass is 10.1. The summed E-state index contributed by atoms with van der Waals surface area (Å²) in [6.45, 7) is 6.67. The summed E-state index contributed by atoms with van der Waals surface area (Å²) in [6, 6.07) is 14.1. The average molecular weight is 319 g/mol. The first-order valence-electron chi connectivity index (χ1n) is 7.94. The number of rotatable bonds is 5. The Labute approximate surface area is 142 Å².